The van der Waals surface area contributed by atoms with E-state index in [4.69, 9.17) is 0 Å². The molecule has 0 radical (unpaired) electrons. The first-order valence-corrected chi connectivity index (χ1v) is 5.47. The van der Waals surface area contributed by atoms with Crippen molar-refractivity contribution in [1.82, 2.24) is 0 Å². The molecule has 0 fully saturated rings. The van der Waals surface area contributed by atoms with Crippen LogP contribution in [0.15, 0.2) is 23.1 Å². The summed E-state index contributed by atoms with van der Waals surface area (Å²) in [4.78, 5) is 11.8. The number of hydrogen-bond donors (Lipinski definition) is 0. The number of aldehydes is 1. The Balaban J connectivity index is 2.34. The highest BCUT2D eigenvalue weighted by atomic mass is 32.2. The van der Waals surface area contributed by atoms with Gasteiger partial charge in [-0.2, -0.15) is 0 Å². The lowest BCUT2D eigenvalue weighted by molar-refractivity contribution is -0.108. The Bertz CT molecular complexity index is 333. The summed E-state index contributed by atoms with van der Waals surface area (Å²) in [5, 5.41) is 0. The lowest BCUT2D eigenvalue weighted by Crippen LogP contribution is -1.97. The van der Waals surface area contributed by atoms with E-state index in [1.165, 1.54) is 16.0 Å². The smallest absolute Gasteiger partial charge is 0.120 e. The van der Waals surface area contributed by atoms with E-state index in [1.807, 2.05) is 11.8 Å². The number of thioether (sulfide) groups is 1. The molecule has 1 aliphatic heterocycles. The molecule has 0 saturated carbocycles. The van der Waals surface area contributed by atoms with Crippen molar-refractivity contribution in [3.05, 3.63) is 29.3 Å². The van der Waals surface area contributed by atoms with E-state index in [1.54, 1.807) is 0 Å². The van der Waals surface area contributed by atoms with Crippen LogP contribution in [0.4, 0.5) is 0 Å². The second kappa shape index (κ2) is 3.54. The van der Waals surface area contributed by atoms with Crippen molar-refractivity contribution >= 4 is 18.0 Å². The summed E-state index contributed by atoms with van der Waals surface area (Å²) in [5.41, 5.74) is 2.66. The van der Waals surface area contributed by atoms with Crippen LogP contribution in [-0.4, -0.2) is 12.0 Å². The average Bonchev–Trinajstić information content (AvgIpc) is 2.49. The van der Waals surface area contributed by atoms with Gasteiger partial charge in [0.05, 0.1) is 0 Å². The maximum Gasteiger partial charge on any atom is 0.120 e. The summed E-state index contributed by atoms with van der Waals surface area (Å²) in [5.74, 6) is 1.52. The van der Waals surface area contributed by atoms with Gasteiger partial charge >= 0.3 is 0 Å². The van der Waals surface area contributed by atoms with Crippen molar-refractivity contribution in [2.75, 3.05) is 5.75 Å². The average molecular weight is 192 g/mol. The van der Waals surface area contributed by atoms with E-state index in [0.29, 0.717) is 12.3 Å². The van der Waals surface area contributed by atoms with Crippen molar-refractivity contribution in [2.24, 2.45) is 0 Å². The zero-order valence-electron chi connectivity index (χ0n) is 7.62. The highest BCUT2D eigenvalue weighted by Gasteiger charge is 2.22. The van der Waals surface area contributed by atoms with Gasteiger partial charge in [0.25, 0.3) is 0 Å². The molecule has 0 aromatic heterocycles. The second-order valence-corrected chi connectivity index (χ2v) is 4.51. The van der Waals surface area contributed by atoms with Gasteiger partial charge in [-0.1, -0.05) is 17.7 Å². The summed E-state index contributed by atoms with van der Waals surface area (Å²) in [6.07, 6.45) is 1.70. The van der Waals surface area contributed by atoms with Crippen LogP contribution in [0.5, 0.6) is 0 Å². The molecule has 1 unspecified atom stereocenters. The van der Waals surface area contributed by atoms with Crippen LogP contribution >= 0.6 is 11.8 Å². The second-order valence-electron chi connectivity index (χ2n) is 3.45. The topological polar surface area (TPSA) is 17.1 Å². The maximum atomic E-state index is 10.4. The van der Waals surface area contributed by atoms with E-state index in [2.05, 4.69) is 25.1 Å². The van der Waals surface area contributed by atoms with Crippen molar-refractivity contribution in [1.29, 1.82) is 0 Å². The minimum atomic E-state index is 0.456. The number of fused-ring (bicyclic) bond motifs is 1. The normalized spacial score (nSPS) is 19.9. The number of hydrogen-bond acceptors (Lipinski definition) is 2. The lowest BCUT2D eigenvalue weighted by Gasteiger charge is -2.06. The number of aryl methyl sites for hydroxylation is 1. The third-order valence-electron chi connectivity index (χ3n) is 2.43. The number of rotatable bonds is 2. The molecule has 1 atom stereocenters. The van der Waals surface area contributed by atoms with Gasteiger partial charge in [-0.3, -0.25) is 0 Å². The van der Waals surface area contributed by atoms with Gasteiger partial charge in [0.2, 0.25) is 0 Å². The fourth-order valence-electron chi connectivity index (χ4n) is 1.71. The third-order valence-corrected chi connectivity index (χ3v) is 3.68. The quantitative estimate of drug-likeness (QED) is 0.670. The SMILES string of the molecule is Cc1ccc2c(c1)C(CC=O)CS2. The van der Waals surface area contributed by atoms with Crippen LogP contribution in [0.1, 0.15) is 23.5 Å². The largest absolute Gasteiger partial charge is 0.303 e. The molecular formula is C11H12OS. The van der Waals surface area contributed by atoms with Crippen LogP contribution in [0.3, 0.4) is 0 Å². The van der Waals surface area contributed by atoms with E-state index >= 15 is 0 Å². The predicted octanol–water partition coefficient (Wildman–Crippen LogP) is 2.77. The van der Waals surface area contributed by atoms with Crippen molar-refractivity contribution in [3.63, 3.8) is 0 Å². The summed E-state index contributed by atoms with van der Waals surface area (Å²) >= 11 is 1.87. The molecule has 0 N–H and O–H groups in total. The molecule has 13 heavy (non-hydrogen) atoms. The van der Waals surface area contributed by atoms with Gasteiger partial charge in [0.15, 0.2) is 0 Å². The zero-order valence-corrected chi connectivity index (χ0v) is 8.43. The standard InChI is InChI=1S/C11H12OS/c1-8-2-3-11-10(6-8)9(4-5-12)7-13-11/h2-3,5-6,9H,4,7H2,1H3. The van der Waals surface area contributed by atoms with Gasteiger partial charge in [0.1, 0.15) is 6.29 Å². The molecule has 1 aromatic carbocycles. The van der Waals surface area contributed by atoms with Crippen LogP contribution in [0.25, 0.3) is 0 Å². The summed E-state index contributed by atoms with van der Waals surface area (Å²) < 4.78 is 0. The molecule has 0 saturated heterocycles. The summed E-state index contributed by atoms with van der Waals surface area (Å²) in [6, 6.07) is 6.51. The molecule has 1 aromatic rings. The molecule has 0 amide bonds. The van der Waals surface area contributed by atoms with Gasteiger partial charge in [-0.05, 0) is 18.6 Å². The molecular weight excluding hydrogens is 180 g/mol. The minimum absolute atomic E-state index is 0.456. The molecule has 0 bridgehead atoms. The molecule has 68 valence electrons. The Morgan fingerprint density at radius 3 is 3.23 bits per heavy atom. The van der Waals surface area contributed by atoms with E-state index in [0.717, 1.165) is 12.0 Å². The Hall–Kier alpha value is -0.760. The van der Waals surface area contributed by atoms with Crippen molar-refractivity contribution in [2.45, 2.75) is 24.2 Å². The third kappa shape index (κ3) is 1.63. The Morgan fingerprint density at radius 2 is 2.46 bits per heavy atom. The molecule has 2 rings (SSSR count). The monoisotopic (exact) mass is 192 g/mol. The van der Waals surface area contributed by atoms with Gasteiger partial charge < -0.3 is 4.79 Å². The van der Waals surface area contributed by atoms with Crippen LogP contribution in [-0.2, 0) is 4.79 Å². The first-order chi connectivity index (χ1) is 6.31. The highest BCUT2D eigenvalue weighted by molar-refractivity contribution is 7.99. The predicted molar refractivity (Wildman–Crippen MR) is 55.3 cm³/mol. The molecule has 1 aliphatic rings. The first kappa shape index (κ1) is 8.82. The molecule has 1 nitrogen and oxygen atoms in total. The molecule has 0 aliphatic carbocycles. The number of carbonyl (C=O) groups excluding carboxylic acids is 1. The molecule has 1 heterocycles. The van der Waals surface area contributed by atoms with Crippen LogP contribution in [0, 0.1) is 6.92 Å². The summed E-state index contributed by atoms with van der Waals surface area (Å²) in [6.45, 7) is 2.10. The van der Waals surface area contributed by atoms with Gasteiger partial charge in [0, 0.05) is 23.0 Å². The Kier molecular flexibility index (Phi) is 2.40. The summed E-state index contributed by atoms with van der Waals surface area (Å²) in [7, 11) is 0. The van der Waals surface area contributed by atoms with E-state index < -0.39 is 0 Å². The maximum absolute atomic E-state index is 10.4. The van der Waals surface area contributed by atoms with E-state index in [-0.39, 0.29) is 0 Å². The minimum Gasteiger partial charge on any atom is -0.303 e. The fourth-order valence-corrected chi connectivity index (χ4v) is 2.96. The zero-order chi connectivity index (χ0) is 9.26. The van der Waals surface area contributed by atoms with Crippen LogP contribution < -0.4 is 0 Å². The lowest BCUT2D eigenvalue weighted by atomic mass is 9.97. The van der Waals surface area contributed by atoms with Crippen LogP contribution in [0.2, 0.25) is 0 Å². The Morgan fingerprint density at radius 1 is 1.62 bits per heavy atom. The number of carbonyl (C=O) groups is 1. The van der Waals surface area contributed by atoms with Crippen molar-refractivity contribution < 1.29 is 4.79 Å². The van der Waals surface area contributed by atoms with Gasteiger partial charge in [-0.25, -0.2) is 0 Å². The molecule has 2 heteroatoms. The van der Waals surface area contributed by atoms with E-state index in [9.17, 15) is 4.79 Å². The van der Waals surface area contributed by atoms with Crippen molar-refractivity contribution in [3.8, 4) is 0 Å². The Labute approximate surface area is 82.5 Å². The van der Waals surface area contributed by atoms with Gasteiger partial charge in [-0.15, -0.1) is 11.8 Å². The fraction of sp³-hybridized carbons (Fsp3) is 0.364. The number of benzene rings is 1. The molecule has 0 spiro atoms. The first-order valence-electron chi connectivity index (χ1n) is 4.48. The highest BCUT2D eigenvalue weighted by Crippen LogP contribution is 2.41.